The molecule has 0 unspecified atom stereocenters. The Labute approximate surface area is 151 Å². The third-order valence-corrected chi connectivity index (χ3v) is 3.76. The van der Waals surface area contributed by atoms with Crippen LogP contribution in [0.5, 0.6) is 0 Å². The third-order valence-electron chi connectivity index (χ3n) is 3.76. The Morgan fingerprint density at radius 1 is 0.692 bits per heavy atom. The summed E-state index contributed by atoms with van der Waals surface area (Å²) in [6.07, 6.45) is 6.78. The molecular formula is C20H18N4O2. The number of nitrogens with zero attached hydrogens (tertiary/aromatic N) is 2. The molecule has 130 valence electrons. The van der Waals surface area contributed by atoms with Crippen LogP contribution in [0, 0.1) is 0 Å². The van der Waals surface area contributed by atoms with Crippen molar-refractivity contribution in [2.45, 2.75) is 13.1 Å². The Balaban J connectivity index is 1.53. The van der Waals surface area contributed by atoms with Gasteiger partial charge in [0.05, 0.1) is 0 Å². The largest absolute Gasteiger partial charge is 0.348 e. The van der Waals surface area contributed by atoms with E-state index in [1.807, 2.05) is 24.3 Å². The molecular weight excluding hydrogens is 328 g/mol. The molecule has 0 saturated carbocycles. The summed E-state index contributed by atoms with van der Waals surface area (Å²) in [6.45, 7) is 0.806. The number of hydrogen-bond acceptors (Lipinski definition) is 4. The van der Waals surface area contributed by atoms with Crippen LogP contribution in [0.1, 0.15) is 31.8 Å². The normalized spacial score (nSPS) is 10.2. The molecule has 0 spiro atoms. The van der Waals surface area contributed by atoms with Gasteiger partial charge in [-0.3, -0.25) is 19.6 Å². The lowest BCUT2D eigenvalue weighted by Gasteiger charge is -2.07. The molecule has 6 heteroatoms. The van der Waals surface area contributed by atoms with E-state index in [1.54, 1.807) is 49.1 Å². The molecule has 0 bridgehead atoms. The van der Waals surface area contributed by atoms with Crippen LogP contribution < -0.4 is 10.6 Å². The molecule has 2 heterocycles. The highest BCUT2D eigenvalue weighted by Crippen LogP contribution is 2.06. The third kappa shape index (κ3) is 4.73. The van der Waals surface area contributed by atoms with Crippen molar-refractivity contribution >= 4 is 11.8 Å². The first-order valence-electron chi connectivity index (χ1n) is 8.16. The summed E-state index contributed by atoms with van der Waals surface area (Å²) in [5.74, 6) is -0.396. The molecule has 0 radical (unpaired) electrons. The van der Waals surface area contributed by atoms with E-state index in [1.165, 1.54) is 0 Å². The summed E-state index contributed by atoms with van der Waals surface area (Å²) >= 11 is 0. The molecule has 2 aromatic heterocycles. The fourth-order valence-electron chi connectivity index (χ4n) is 2.35. The van der Waals surface area contributed by atoms with Crippen molar-refractivity contribution in [2.24, 2.45) is 0 Å². The van der Waals surface area contributed by atoms with Crippen LogP contribution in [-0.2, 0) is 13.1 Å². The molecule has 1 aromatic carbocycles. The summed E-state index contributed by atoms with van der Waals surface area (Å²) in [6, 6.07) is 14.0. The maximum absolute atomic E-state index is 12.2. The van der Waals surface area contributed by atoms with E-state index < -0.39 is 0 Å². The average molecular weight is 346 g/mol. The number of hydrogen-bond donors (Lipinski definition) is 2. The Morgan fingerprint density at radius 2 is 1.12 bits per heavy atom. The van der Waals surface area contributed by atoms with Crippen molar-refractivity contribution in [3.8, 4) is 0 Å². The summed E-state index contributed by atoms with van der Waals surface area (Å²) < 4.78 is 0. The number of carbonyl (C=O) groups is 2. The second-order valence-corrected chi connectivity index (χ2v) is 5.67. The molecule has 0 fully saturated rings. The van der Waals surface area contributed by atoms with Gasteiger partial charge in [0, 0.05) is 49.0 Å². The zero-order valence-electron chi connectivity index (χ0n) is 14.1. The minimum Gasteiger partial charge on any atom is -0.348 e. The lowest BCUT2D eigenvalue weighted by molar-refractivity contribution is 0.0939. The van der Waals surface area contributed by atoms with Gasteiger partial charge in [0.15, 0.2) is 0 Å². The van der Waals surface area contributed by atoms with Crippen LogP contribution in [-0.4, -0.2) is 21.8 Å². The van der Waals surface area contributed by atoms with Gasteiger partial charge in [-0.15, -0.1) is 0 Å². The smallest absolute Gasteiger partial charge is 0.251 e. The van der Waals surface area contributed by atoms with Gasteiger partial charge in [-0.1, -0.05) is 12.1 Å². The minimum absolute atomic E-state index is 0.198. The van der Waals surface area contributed by atoms with Crippen molar-refractivity contribution in [1.82, 2.24) is 20.6 Å². The van der Waals surface area contributed by atoms with E-state index >= 15 is 0 Å². The highest BCUT2D eigenvalue weighted by molar-refractivity contribution is 5.97. The zero-order valence-corrected chi connectivity index (χ0v) is 14.1. The first kappa shape index (κ1) is 17.3. The number of rotatable bonds is 6. The SMILES string of the molecule is O=C(NCc1cccnc1)c1ccc(C(=O)NCc2cccnc2)cc1. The first-order valence-corrected chi connectivity index (χ1v) is 8.16. The average Bonchev–Trinajstić information content (AvgIpc) is 2.72. The molecule has 0 atom stereocenters. The second-order valence-electron chi connectivity index (χ2n) is 5.67. The van der Waals surface area contributed by atoms with Gasteiger partial charge in [-0.25, -0.2) is 0 Å². The summed E-state index contributed by atoms with van der Waals surface area (Å²) in [5, 5.41) is 5.65. The van der Waals surface area contributed by atoms with E-state index in [9.17, 15) is 9.59 Å². The molecule has 0 aliphatic heterocycles. The summed E-state index contributed by atoms with van der Waals surface area (Å²) in [4.78, 5) is 32.4. The van der Waals surface area contributed by atoms with Crippen molar-refractivity contribution < 1.29 is 9.59 Å². The Bertz CT molecular complexity index is 791. The summed E-state index contributed by atoms with van der Waals surface area (Å²) in [7, 11) is 0. The van der Waals surface area contributed by atoms with Gasteiger partial charge in [0.2, 0.25) is 0 Å². The van der Waals surface area contributed by atoms with E-state index in [2.05, 4.69) is 20.6 Å². The lowest BCUT2D eigenvalue weighted by atomic mass is 10.1. The number of amides is 2. The number of nitrogens with one attached hydrogen (secondary N) is 2. The van der Waals surface area contributed by atoms with Gasteiger partial charge in [-0.05, 0) is 47.5 Å². The monoisotopic (exact) mass is 346 g/mol. The van der Waals surface area contributed by atoms with E-state index in [-0.39, 0.29) is 11.8 Å². The molecule has 26 heavy (non-hydrogen) atoms. The molecule has 0 aliphatic carbocycles. The van der Waals surface area contributed by atoms with Crippen molar-refractivity contribution in [2.75, 3.05) is 0 Å². The lowest BCUT2D eigenvalue weighted by Crippen LogP contribution is -2.24. The molecule has 0 aliphatic rings. The predicted molar refractivity (Wildman–Crippen MR) is 97.3 cm³/mol. The Kier molecular flexibility index (Phi) is 5.67. The standard InChI is InChI=1S/C20H18N4O2/c25-19(23-13-15-3-1-9-21-11-15)17-5-7-18(8-6-17)20(26)24-14-16-4-2-10-22-12-16/h1-12H,13-14H2,(H,23,25)(H,24,26). The Morgan fingerprint density at radius 3 is 1.46 bits per heavy atom. The van der Waals surface area contributed by atoms with Crippen molar-refractivity contribution in [1.29, 1.82) is 0 Å². The molecule has 2 N–H and O–H groups in total. The van der Waals surface area contributed by atoms with Gasteiger partial charge < -0.3 is 10.6 Å². The van der Waals surface area contributed by atoms with Gasteiger partial charge in [0.1, 0.15) is 0 Å². The molecule has 3 rings (SSSR count). The molecule has 6 nitrogen and oxygen atoms in total. The second kappa shape index (κ2) is 8.53. The van der Waals surface area contributed by atoms with Gasteiger partial charge in [0.25, 0.3) is 11.8 Å². The number of benzene rings is 1. The summed E-state index contributed by atoms with van der Waals surface area (Å²) in [5.41, 5.74) is 2.84. The van der Waals surface area contributed by atoms with E-state index in [4.69, 9.17) is 0 Å². The number of carbonyl (C=O) groups excluding carboxylic acids is 2. The minimum atomic E-state index is -0.198. The highest BCUT2D eigenvalue weighted by atomic mass is 16.2. The van der Waals surface area contributed by atoms with Crippen LogP contribution >= 0.6 is 0 Å². The zero-order chi connectivity index (χ0) is 18.2. The fraction of sp³-hybridized carbons (Fsp3) is 0.100. The molecule has 2 amide bonds. The molecule has 3 aromatic rings. The van der Waals surface area contributed by atoms with Gasteiger partial charge >= 0.3 is 0 Å². The fourth-order valence-corrected chi connectivity index (χ4v) is 2.35. The van der Waals surface area contributed by atoms with Crippen LogP contribution in [0.3, 0.4) is 0 Å². The topological polar surface area (TPSA) is 84.0 Å². The van der Waals surface area contributed by atoms with Crippen LogP contribution in [0.4, 0.5) is 0 Å². The van der Waals surface area contributed by atoms with Crippen molar-refractivity contribution in [3.63, 3.8) is 0 Å². The van der Waals surface area contributed by atoms with E-state index in [0.29, 0.717) is 24.2 Å². The van der Waals surface area contributed by atoms with Gasteiger partial charge in [-0.2, -0.15) is 0 Å². The highest BCUT2D eigenvalue weighted by Gasteiger charge is 2.09. The maximum atomic E-state index is 12.2. The van der Waals surface area contributed by atoms with Crippen molar-refractivity contribution in [3.05, 3.63) is 95.6 Å². The van der Waals surface area contributed by atoms with Crippen LogP contribution in [0.25, 0.3) is 0 Å². The number of pyridine rings is 2. The predicted octanol–water partition coefficient (Wildman–Crippen LogP) is 2.34. The van der Waals surface area contributed by atoms with E-state index in [0.717, 1.165) is 11.1 Å². The van der Waals surface area contributed by atoms with Crippen LogP contribution in [0.15, 0.2) is 73.3 Å². The van der Waals surface area contributed by atoms with Crippen LogP contribution in [0.2, 0.25) is 0 Å². The first-order chi connectivity index (χ1) is 12.7. The Hall–Kier alpha value is -3.54. The quantitative estimate of drug-likeness (QED) is 0.717. The maximum Gasteiger partial charge on any atom is 0.251 e. The molecule has 0 saturated heterocycles. The number of aromatic nitrogens is 2.